The maximum atomic E-state index is 8.98. The maximum absolute atomic E-state index is 8.98. The Bertz CT molecular complexity index is 116. The van der Waals surface area contributed by atoms with Crippen molar-refractivity contribution in [1.82, 2.24) is 0 Å². The molecule has 0 aromatic heterocycles. The lowest BCUT2D eigenvalue weighted by Gasteiger charge is -2.06. The van der Waals surface area contributed by atoms with Crippen molar-refractivity contribution in [3.63, 3.8) is 0 Å². The maximum Gasteiger partial charge on any atom is 0.194 e. The van der Waals surface area contributed by atoms with E-state index in [0.717, 1.165) is 0 Å². The molecule has 0 radical (unpaired) electrons. The quantitative estimate of drug-likeness (QED) is 0.653. The molecule has 0 saturated carbocycles. The molecule has 2 atom stereocenters. The summed E-state index contributed by atoms with van der Waals surface area (Å²) >= 11 is 0. The summed E-state index contributed by atoms with van der Waals surface area (Å²) in [4.78, 5) is 8.98. The minimum Gasteiger partial charge on any atom is -0.375 e. The van der Waals surface area contributed by atoms with Gasteiger partial charge in [0.15, 0.2) is 8.38 Å². The van der Waals surface area contributed by atoms with E-state index >= 15 is 0 Å². The lowest BCUT2D eigenvalue weighted by molar-refractivity contribution is 0.109. The van der Waals surface area contributed by atoms with E-state index in [-0.39, 0.29) is 6.10 Å². The zero-order valence-corrected chi connectivity index (χ0v) is 8.04. The fourth-order valence-electron chi connectivity index (χ4n) is 0.574. The first-order valence-corrected chi connectivity index (χ1v) is 4.81. The van der Waals surface area contributed by atoms with Crippen LogP contribution in [-0.4, -0.2) is 24.7 Å². The minimum absolute atomic E-state index is 0.0484. The van der Waals surface area contributed by atoms with Crippen molar-refractivity contribution in [2.75, 3.05) is 13.7 Å². The van der Waals surface area contributed by atoms with Crippen LogP contribution >= 0.6 is 8.38 Å². The van der Waals surface area contributed by atoms with Crippen molar-refractivity contribution in [3.8, 4) is 0 Å². The second-order valence-electron chi connectivity index (χ2n) is 1.99. The molecule has 66 valence electrons. The standard InChI is InChI=1S/C7H15O3P/c1-4-10-7(2)5-6-11(8)9-3/h5-8H,4H2,1-3H3/b6-5+. The third kappa shape index (κ3) is 6.45. The molecule has 0 heterocycles. The lowest BCUT2D eigenvalue weighted by Crippen LogP contribution is -2.02. The van der Waals surface area contributed by atoms with Gasteiger partial charge in [-0.25, -0.2) is 0 Å². The Morgan fingerprint density at radius 3 is 2.73 bits per heavy atom. The predicted molar refractivity (Wildman–Crippen MR) is 46.4 cm³/mol. The van der Waals surface area contributed by atoms with Crippen LogP contribution in [0.3, 0.4) is 0 Å². The summed E-state index contributed by atoms with van der Waals surface area (Å²) in [6.45, 7) is 4.53. The molecule has 0 fully saturated rings. The smallest absolute Gasteiger partial charge is 0.194 e. The van der Waals surface area contributed by atoms with Gasteiger partial charge >= 0.3 is 0 Å². The summed E-state index contributed by atoms with van der Waals surface area (Å²) in [7, 11) is 0.0915. The number of rotatable bonds is 5. The van der Waals surface area contributed by atoms with Crippen LogP contribution in [0, 0.1) is 0 Å². The van der Waals surface area contributed by atoms with Gasteiger partial charge in [-0.2, -0.15) is 0 Å². The van der Waals surface area contributed by atoms with Crippen LogP contribution in [0.4, 0.5) is 0 Å². The second-order valence-corrected chi connectivity index (χ2v) is 3.26. The topological polar surface area (TPSA) is 38.7 Å². The fraction of sp³-hybridized carbons (Fsp3) is 0.714. The van der Waals surface area contributed by atoms with Gasteiger partial charge in [0.25, 0.3) is 0 Å². The summed E-state index contributed by atoms with van der Waals surface area (Å²) in [5.41, 5.74) is 0. The SMILES string of the molecule is CCOC(C)/C=C/P(O)OC. The van der Waals surface area contributed by atoms with Crippen molar-refractivity contribution in [2.45, 2.75) is 20.0 Å². The predicted octanol–water partition coefficient (Wildman–Crippen LogP) is 1.88. The Labute approximate surface area is 68.9 Å². The third-order valence-corrected chi connectivity index (χ3v) is 1.90. The Kier molecular flexibility index (Phi) is 6.77. The first-order chi connectivity index (χ1) is 5.20. The molecule has 2 unspecified atom stereocenters. The van der Waals surface area contributed by atoms with E-state index in [2.05, 4.69) is 4.52 Å². The fourth-order valence-corrected chi connectivity index (χ4v) is 1.09. The molecule has 3 nitrogen and oxygen atoms in total. The number of hydrogen-bond acceptors (Lipinski definition) is 3. The Morgan fingerprint density at radius 2 is 2.27 bits per heavy atom. The summed E-state index contributed by atoms with van der Waals surface area (Å²) < 4.78 is 9.85. The van der Waals surface area contributed by atoms with Crippen molar-refractivity contribution in [1.29, 1.82) is 0 Å². The van der Waals surface area contributed by atoms with Crippen LogP contribution in [0.1, 0.15) is 13.8 Å². The lowest BCUT2D eigenvalue weighted by atomic mass is 10.4. The first kappa shape index (κ1) is 11.1. The molecule has 0 saturated heterocycles. The summed E-state index contributed by atoms with van der Waals surface area (Å²) in [5.74, 6) is 1.62. The van der Waals surface area contributed by atoms with E-state index in [0.29, 0.717) is 6.61 Å². The number of hydrogen-bond donors (Lipinski definition) is 1. The van der Waals surface area contributed by atoms with Gasteiger partial charge in [-0.1, -0.05) is 6.08 Å². The molecule has 0 aromatic rings. The molecule has 0 aromatic carbocycles. The molecule has 0 rings (SSSR count). The summed E-state index contributed by atoms with van der Waals surface area (Å²) in [5, 5.41) is 0. The van der Waals surface area contributed by atoms with E-state index < -0.39 is 8.38 Å². The monoisotopic (exact) mass is 178 g/mol. The van der Waals surface area contributed by atoms with Gasteiger partial charge in [-0.15, -0.1) is 0 Å². The highest BCUT2D eigenvalue weighted by atomic mass is 31.2. The van der Waals surface area contributed by atoms with E-state index in [9.17, 15) is 0 Å². The van der Waals surface area contributed by atoms with E-state index in [1.165, 1.54) is 7.11 Å². The Hall–Kier alpha value is 0.0500. The van der Waals surface area contributed by atoms with E-state index in [1.54, 1.807) is 11.9 Å². The van der Waals surface area contributed by atoms with Crippen LogP contribution < -0.4 is 0 Å². The van der Waals surface area contributed by atoms with Crippen LogP contribution in [0.15, 0.2) is 11.9 Å². The molecule has 0 bridgehead atoms. The zero-order valence-electron chi connectivity index (χ0n) is 7.15. The molecular formula is C7H15O3P. The summed E-state index contributed by atoms with van der Waals surface area (Å²) in [6, 6.07) is 0. The molecule has 0 amide bonds. The zero-order chi connectivity index (χ0) is 8.69. The van der Waals surface area contributed by atoms with E-state index in [4.69, 9.17) is 9.63 Å². The molecule has 0 spiro atoms. The normalized spacial score (nSPS) is 17.1. The molecular weight excluding hydrogens is 163 g/mol. The molecule has 0 aliphatic carbocycles. The average molecular weight is 178 g/mol. The van der Waals surface area contributed by atoms with Crippen LogP contribution in [0.2, 0.25) is 0 Å². The highest BCUT2D eigenvalue weighted by molar-refractivity contribution is 7.49. The first-order valence-electron chi connectivity index (χ1n) is 3.52. The van der Waals surface area contributed by atoms with Gasteiger partial charge in [-0.3, -0.25) is 0 Å². The minimum atomic E-state index is -1.38. The Morgan fingerprint density at radius 1 is 1.64 bits per heavy atom. The van der Waals surface area contributed by atoms with Gasteiger partial charge in [0, 0.05) is 13.7 Å². The highest BCUT2D eigenvalue weighted by Gasteiger charge is 1.97. The van der Waals surface area contributed by atoms with Gasteiger partial charge < -0.3 is 14.2 Å². The van der Waals surface area contributed by atoms with Crippen molar-refractivity contribution < 1.29 is 14.2 Å². The van der Waals surface area contributed by atoms with Crippen molar-refractivity contribution in [2.24, 2.45) is 0 Å². The number of ether oxygens (including phenoxy) is 1. The third-order valence-electron chi connectivity index (χ3n) is 1.10. The van der Waals surface area contributed by atoms with Crippen molar-refractivity contribution >= 4 is 8.38 Å². The highest BCUT2D eigenvalue weighted by Crippen LogP contribution is 2.31. The van der Waals surface area contributed by atoms with Crippen molar-refractivity contribution in [3.05, 3.63) is 11.9 Å². The largest absolute Gasteiger partial charge is 0.375 e. The second kappa shape index (κ2) is 6.74. The molecule has 4 heteroatoms. The average Bonchev–Trinajstić information content (AvgIpc) is 2.01. The van der Waals surface area contributed by atoms with Gasteiger partial charge in [0.2, 0.25) is 0 Å². The summed E-state index contributed by atoms with van der Waals surface area (Å²) in [6.07, 6.45) is 1.84. The van der Waals surface area contributed by atoms with Crippen LogP contribution in [-0.2, 0) is 9.26 Å². The van der Waals surface area contributed by atoms with E-state index in [1.807, 2.05) is 13.8 Å². The molecule has 11 heavy (non-hydrogen) atoms. The van der Waals surface area contributed by atoms with Gasteiger partial charge in [0.05, 0.1) is 6.10 Å². The van der Waals surface area contributed by atoms with Crippen LogP contribution in [0.25, 0.3) is 0 Å². The molecule has 0 aliphatic heterocycles. The molecule has 1 N–H and O–H groups in total. The van der Waals surface area contributed by atoms with Crippen LogP contribution in [0.5, 0.6) is 0 Å². The van der Waals surface area contributed by atoms with Gasteiger partial charge in [-0.05, 0) is 19.7 Å². The Balaban J connectivity index is 3.54. The molecule has 0 aliphatic rings. The van der Waals surface area contributed by atoms with Gasteiger partial charge in [0.1, 0.15) is 0 Å².